The molecule has 1 aromatic carbocycles. The van der Waals surface area contributed by atoms with Gasteiger partial charge in [-0.2, -0.15) is 0 Å². The van der Waals surface area contributed by atoms with E-state index in [0.29, 0.717) is 6.04 Å². The summed E-state index contributed by atoms with van der Waals surface area (Å²) in [7, 11) is 0. The average Bonchev–Trinajstić information content (AvgIpc) is 2.48. The van der Waals surface area contributed by atoms with E-state index >= 15 is 0 Å². The van der Waals surface area contributed by atoms with Crippen molar-refractivity contribution in [3.63, 3.8) is 0 Å². The molecule has 3 heteroatoms. The van der Waals surface area contributed by atoms with Crippen LogP contribution >= 0.6 is 0 Å². The van der Waals surface area contributed by atoms with Crippen molar-refractivity contribution in [1.82, 2.24) is 15.2 Å². The van der Waals surface area contributed by atoms with Crippen molar-refractivity contribution in [2.45, 2.75) is 32.0 Å². The summed E-state index contributed by atoms with van der Waals surface area (Å²) in [4.78, 5) is 7.02. The SMILES string of the molecule is CC1(C)CN(Cc2ccccn2)C(c2ccccc2)CN1. The molecule has 0 saturated carbocycles. The summed E-state index contributed by atoms with van der Waals surface area (Å²) in [5.41, 5.74) is 2.65. The summed E-state index contributed by atoms with van der Waals surface area (Å²) in [6, 6.07) is 17.3. The smallest absolute Gasteiger partial charge is 0.0544 e. The molecule has 0 amide bonds. The van der Waals surface area contributed by atoms with Crippen LogP contribution in [0.2, 0.25) is 0 Å². The molecule has 3 nitrogen and oxygen atoms in total. The Morgan fingerprint density at radius 2 is 1.90 bits per heavy atom. The van der Waals surface area contributed by atoms with Crippen molar-refractivity contribution >= 4 is 0 Å². The summed E-state index contributed by atoms with van der Waals surface area (Å²) >= 11 is 0. The quantitative estimate of drug-likeness (QED) is 0.937. The first-order valence-electron chi connectivity index (χ1n) is 7.58. The van der Waals surface area contributed by atoms with E-state index in [2.05, 4.69) is 71.5 Å². The summed E-state index contributed by atoms with van der Waals surface area (Å²) in [5, 5.41) is 3.66. The van der Waals surface area contributed by atoms with Crippen LogP contribution in [0.3, 0.4) is 0 Å². The van der Waals surface area contributed by atoms with Crippen molar-refractivity contribution in [3.8, 4) is 0 Å². The molecule has 0 aliphatic carbocycles. The topological polar surface area (TPSA) is 28.2 Å². The minimum absolute atomic E-state index is 0.139. The van der Waals surface area contributed by atoms with Crippen LogP contribution < -0.4 is 5.32 Å². The van der Waals surface area contributed by atoms with Crippen molar-refractivity contribution < 1.29 is 0 Å². The lowest BCUT2D eigenvalue weighted by atomic mass is 9.94. The number of benzene rings is 1. The average molecular weight is 281 g/mol. The molecule has 110 valence electrons. The highest BCUT2D eigenvalue weighted by Gasteiger charge is 2.33. The molecule has 1 aromatic heterocycles. The van der Waals surface area contributed by atoms with Gasteiger partial charge in [0.25, 0.3) is 0 Å². The number of nitrogens with zero attached hydrogens (tertiary/aromatic N) is 2. The molecule has 2 aromatic rings. The summed E-state index contributed by atoms with van der Waals surface area (Å²) < 4.78 is 0. The molecule has 0 bridgehead atoms. The van der Waals surface area contributed by atoms with Gasteiger partial charge in [0.15, 0.2) is 0 Å². The zero-order chi connectivity index (χ0) is 14.7. The predicted molar refractivity (Wildman–Crippen MR) is 85.9 cm³/mol. The fraction of sp³-hybridized carbons (Fsp3) is 0.389. The van der Waals surface area contributed by atoms with Crippen LogP contribution in [0.25, 0.3) is 0 Å². The Balaban J connectivity index is 1.84. The molecule has 0 radical (unpaired) electrons. The van der Waals surface area contributed by atoms with E-state index in [0.717, 1.165) is 25.3 Å². The number of aromatic nitrogens is 1. The Morgan fingerprint density at radius 3 is 2.62 bits per heavy atom. The highest BCUT2D eigenvalue weighted by molar-refractivity contribution is 5.21. The van der Waals surface area contributed by atoms with Crippen molar-refractivity contribution in [2.24, 2.45) is 0 Å². The fourth-order valence-electron chi connectivity index (χ4n) is 3.05. The van der Waals surface area contributed by atoms with Crippen LogP contribution in [0.1, 0.15) is 31.1 Å². The largest absolute Gasteiger partial charge is 0.309 e. The molecule has 1 saturated heterocycles. The maximum Gasteiger partial charge on any atom is 0.0544 e. The molecule has 1 fully saturated rings. The van der Waals surface area contributed by atoms with E-state index in [4.69, 9.17) is 0 Å². The second-order valence-electron chi connectivity index (χ2n) is 6.42. The zero-order valence-electron chi connectivity index (χ0n) is 12.8. The van der Waals surface area contributed by atoms with E-state index in [-0.39, 0.29) is 5.54 Å². The van der Waals surface area contributed by atoms with Gasteiger partial charge in [-0.25, -0.2) is 0 Å². The lowest BCUT2D eigenvalue weighted by molar-refractivity contribution is 0.0868. The summed E-state index contributed by atoms with van der Waals surface area (Å²) in [6.45, 7) is 7.41. The number of pyridine rings is 1. The molecule has 1 atom stereocenters. The molecule has 21 heavy (non-hydrogen) atoms. The van der Waals surface area contributed by atoms with Gasteiger partial charge in [0, 0.05) is 37.4 Å². The Kier molecular flexibility index (Phi) is 4.04. The zero-order valence-corrected chi connectivity index (χ0v) is 12.8. The fourth-order valence-corrected chi connectivity index (χ4v) is 3.05. The highest BCUT2D eigenvalue weighted by Crippen LogP contribution is 2.28. The standard InChI is InChI=1S/C18H23N3/c1-18(2)14-21(13-16-10-6-7-11-19-16)17(12-20-18)15-8-4-3-5-9-15/h3-11,17,20H,12-14H2,1-2H3. The molecule has 1 N–H and O–H groups in total. The van der Waals surface area contributed by atoms with Gasteiger partial charge < -0.3 is 5.32 Å². The number of nitrogens with one attached hydrogen (secondary N) is 1. The molecule has 0 spiro atoms. The third kappa shape index (κ3) is 3.49. The lowest BCUT2D eigenvalue weighted by Crippen LogP contribution is -2.57. The van der Waals surface area contributed by atoms with Crippen LogP contribution in [0.4, 0.5) is 0 Å². The molecular formula is C18H23N3. The molecular weight excluding hydrogens is 258 g/mol. The summed E-state index contributed by atoms with van der Waals surface area (Å²) in [5.74, 6) is 0. The van der Waals surface area contributed by atoms with Gasteiger partial charge in [0.05, 0.1) is 5.69 Å². The van der Waals surface area contributed by atoms with Crippen molar-refractivity contribution in [3.05, 3.63) is 66.0 Å². The molecule has 1 aliphatic rings. The molecule has 1 aliphatic heterocycles. The van der Waals surface area contributed by atoms with Crippen LogP contribution in [-0.2, 0) is 6.54 Å². The number of piperazine rings is 1. The number of rotatable bonds is 3. The van der Waals surface area contributed by atoms with Crippen LogP contribution in [0.15, 0.2) is 54.7 Å². The van der Waals surface area contributed by atoms with Gasteiger partial charge >= 0.3 is 0 Å². The van der Waals surface area contributed by atoms with Crippen LogP contribution in [0.5, 0.6) is 0 Å². The van der Waals surface area contributed by atoms with Crippen molar-refractivity contribution in [2.75, 3.05) is 13.1 Å². The van der Waals surface area contributed by atoms with Gasteiger partial charge in [0.2, 0.25) is 0 Å². The van der Waals surface area contributed by atoms with E-state index in [1.807, 2.05) is 12.3 Å². The van der Waals surface area contributed by atoms with Crippen LogP contribution in [-0.4, -0.2) is 28.5 Å². The van der Waals surface area contributed by atoms with Gasteiger partial charge in [-0.3, -0.25) is 9.88 Å². The third-order valence-electron chi connectivity index (χ3n) is 4.09. The number of hydrogen-bond donors (Lipinski definition) is 1. The van der Waals surface area contributed by atoms with Gasteiger partial charge in [-0.15, -0.1) is 0 Å². The second kappa shape index (κ2) is 5.96. The lowest BCUT2D eigenvalue weighted by Gasteiger charge is -2.44. The molecule has 1 unspecified atom stereocenters. The predicted octanol–water partition coefficient (Wildman–Crippen LogP) is 3.01. The molecule has 2 heterocycles. The van der Waals surface area contributed by atoms with Gasteiger partial charge in [-0.1, -0.05) is 36.4 Å². The summed E-state index contributed by atoms with van der Waals surface area (Å²) in [6.07, 6.45) is 1.88. The first-order valence-corrected chi connectivity index (χ1v) is 7.58. The third-order valence-corrected chi connectivity index (χ3v) is 4.09. The first kappa shape index (κ1) is 14.2. The Labute approximate surface area is 127 Å². The number of hydrogen-bond acceptors (Lipinski definition) is 3. The van der Waals surface area contributed by atoms with E-state index in [1.165, 1.54) is 5.56 Å². The monoisotopic (exact) mass is 281 g/mol. The van der Waals surface area contributed by atoms with E-state index in [1.54, 1.807) is 0 Å². The molecule has 3 rings (SSSR count). The Bertz CT molecular complexity index is 566. The maximum absolute atomic E-state index is 4.49. The Hall–Kier alpha value is -1.71. The first-order chi connectivity index (χ1) is 10.1. The van der Waals surface area contributed by atoms with Crippen LogP contribution in [0, 0.1) is 0 Å². The second-order valence-corrected chi connectivity index (χ2v) is 6.42. The maximum atomic E-state index is 4.49. The minimum Gasteiger partial charge on any atom is -0.309 e. The Morgan fingerprint density at radius 1 is 1.14 bits per heavy atom. The van der Waals surface area contributed by atoms with E-state index < -0.39 is 0 Å². The highest BCUT2D eigenvalue weighted by atomic mass is 15.3. The van der Waals surface area contributed by atoms with Gasteiger partial charge in [0.1, 0.15) is 0 Å². The normalized spacial score (nSPS) is 22.1. The van der Waals surface area contributed by atoms with E-state index in [9.17, 15) is 0 Å². The van der Waals surface area contributed by atoms with Gasteiger partial charge in [-0.05, 0) is 31.5 Å². The minimum atomic E-state index is 0.139. The van der Waals surface area contributed by atoms with Crippen molar-refractivity contribution in [1.29, 1.82) is 0 Å².